The van der Waals surface area contributed by atoms with E-state index < -0.39 is 22.5 Å². The fraction of sp³-hybridized carbons (Fsp3) is 0.125. The van der Waals surface area contributed by atoms with Crippen LogP contribution in [0.25, 0.3) is 0 Å². The lowest BCUT2D eigenvalue weighted by Gasteiger charge is -2.21. The van der Waals surface area contributed by atoms with Crippen molar-refractivity contribution < 1.29 is 13.2 Å². The number of carbonyl (C=O) groups excluding carboxylic acids is 1. The highest BCUT2D eigenvalue weighted by Crippen LogP contribution is 2.26. The number of nitrogens with zero attached hydrogens (tertiary/aromatic N) is 2. The predicted octanol–water partition coefficient (Wildman–Crippen LogP) is 3.56. The van der Waals surface area contributed by atoms with Crippen LogP contribution in [0.15, 0.2) is 47.6 Å². The summed E-state index contributed by atoms with van der Waals surface area (Å²) in [6, 6.07) is 11.1. The molecule has 10 heteroatoms. The summed E-state index contributed by atoms with van der Waals surface area (Å²) < 4.78 is 24.9. The van der Waals surface area contributed by atoms with Crippen molar-refractivity contribution in [3.63, 3.8) is 0 Å². The first-order chi connectivity index (χ1) is 12.1. The highest BCUT2D eigenvalue weighted by atomic mass is 35.5. The monoisotopic (exact) mass is 433 g/mol. The summed E-state index contributed by atoms with van der Waals surface area (Å²) in [5, 5.41) is 4.88. The minimum absolute atomic E-state index is 0.182. The van der Waals surface area contributed by atoms with Crippen molar-refractivity contribution in [1.82, 2.24) is 5.43 Å². The van der Waals surface area contributed by atoms with Crippen molar-refractivity contribution in [2.75, 3.05) is 17.1 Å². The van der Waals surface area contributed by atoms with E-state index in [2.05, 4.69) is 10.5 Å². The molecule has 0 spiro atoms. The van der Waals surface area contributed by atoms with Gasteiger partial charge in [0.15, 0.2) is 0 Å². The maximum absolute atomic E-state index is 12.1. The van der Waals surface area contributed by atoms with Crippen molar-refractivity contribution in [2.45, 2.75) is 0 Å². The molecule has 0 aliphatic heterocycles. The van der Waals surface area contributed by atoms with Gasteiger partial charge in [0.1, 0.15) is 6.54 Å². The lowest BCUT2D eigenvalue weighted by molar-refractivity contribution is -0.119. The van der Waals surface area contributed by atoms with Crippen molar-refractivity contribution in [2.24, 2.45) is 5.10 Å². The summed E-state index contributed by atoms with van der Waals surface area (Å²) in [6.45, 7) is -0.479. The average molecular weight is 435 g/mol. The van der Waals surface area contributed by atoms with Crippen LogP contribution in [-0.4, -0.2) is 33.3 Å². The summed E-state index contributed by atoms with van der Waals surface area (Å²) >= 11 is 17.6. The van der Waals surface area contributed by atoms with Gasteiger partial charge in [-0.25, -0.2) is 13.8 Å². The summed E-state index contributed by atoms with van der Waals surface area (Å²) in [5.41, 5.74) is 3.17. The second-order valence-corrected chi connectivity index (χ2v) is 8.46. The van der Waals surface area contributed by atoms with E-state index in [1.54, 1.807) is 24.3 Å². The summed E-state index contributed by atoms with van der Waals surface area (Å²) in [6.07, 6.45) is 2.39. The Morgan fingerprint density at radius 1 is 1.08 bits per heavy atom. The molecule has 0 unspecified atom stereocenters. The van der Waals surface area contributed by atoms with Gasteiger partial charge >= 0.3 is 0 Å². The molecule has 2 aromatic rings. The molecule has 26 heavy (non-hydrogen) atoms. The molecule has 6 nitrogen and oxygen atoms in total. The molecule has 0 radical (unpaired) electrons. The molecular formula is C16H14Cl3N3O3S. The van der Waals surface area contributed by atoms with Crippen molar-refractivity contribution in [3.8, 4) is 0 Å². The van der Waals surface area contributed by atoms with Crippen LogP contribution < -0.4 is 9.73 Å². The molecule has 0 fully saturated rings. The maximum Gasteiger partial charge on any atom is 0.260 e. The van der Waals surface area contributed by atoms with Gasteiger partial charge in [-0.1, -0.05) is 46.9 Å². The number of sulfonamides is 1. The van der Waals surface area contributed by atoms with Crippen LogP contribution in [0.1, 0.15) is 5.56 Å². The number of halogens is 3. The highest BCUT2D eigenvalue weighted by molar-refractivity contribution is 7.92. The predicted molar refractivity (Wildman–Crippen MR) is 106 cm³/mol. The number of anilines is 1. The van der Waals surface area contributed by atoms with Gasteiger partial charge < -0.3 is 0 Å². The molecule has 0 atom stereocenters. The molecule has 138 valence electrons. The SMILES string of the molecule is CS(=O)(=O)N(CC(=O)N/N=C\c1ccc(Cl)cc1)c1cc(Cl)cc(Cl)c1. The van der Waals surface area contributed by atoms with Gasteiger partial charge in [0.2, 0.25) is 10.0 Å². The van der Waals surface area contributed by atoms with E-state index >= 15 is 0 Å². The third-order valence-corrected chi connectivity index (χ3v) is 4.92. The molecule has 0 aromatic heterocycles. The summed E-state index contributed by atoms with van der Waals surface area (Å²) in [7, 11) is -3.74. The van der Waals surface area contributed by atoms with Crippen LogP contribution in [0.5, 0.6) is 0 Å². The van der Waals surface area contributed by atoms with Crippen LogP contribution in [0.3, 0.4) is 0 Å². The molecule has 1 amide bonds. The summed E-state index contributed by atoms with van der Waals surface area (Å²) in [4.78, 5) is 12.1. The van der Waals surface area contributed by atoms with E-state index in [1.165, 1.54) is 24.4 Å². The number of rotatable bonds is 6. The lowest BCUT2D eigenvalue weighted by Crippen LogP contribution is -2.39. The normalized spacial score (nSPS) is 11.5. The number of carbonyl (C=O) groups is 1. The third kappa shape index (κ3) is 6.17. The molecular weight excluding hydrogens is 421 g/mol. The van der Waals surface area contributed by atoms with Crippen molar-refractivity contribution in [1.29, 1.82) is 0 Å². The number of amides is 1. The van der Waals surface area contributed by atoms with Crippen molar-refractivity contribution >= 4 is 62.6 Å². The molecule has 2 rings (SSSR count). The maximum atomic E-state index is 12.1. The molecule has 0 saturated carbocycles. The molecule has 0 saturated heterocycles. The van der Waals surface area contributed by atoms with Gasteiger partial charge in [-0.3, -0.25) is 9.10 Å². The Hall–Kier alpha value is -1.80. The second-order valence-electron chi connectivity index (χ2n) is 5.24. The second kappa shape index (κ2) is 8.73. The number of nitrogens with one attached hydrogen (secondary N) is 1. The fourth-order valence-electron chi connectivity index (χ4n) is 1.98. The zero-order chi connectivity index (χ0) is 19.3. The first-order valence-electron chi connectivity index (χ1n) is 7.16. The largest absolute Gasteiger partial charge is 0.271 e. The molecule has 0 aliphatic carbocycles. The van der Waals surface area contributed by atoms with Crippen molar-refractivity contribution in [3.05, 3.63) is 63.1 Å². The van der Waals surface area contributed by atoms with Gasteiger partial charge in [0.25, 0.3) is 5.91 Å². The average Bonchev–Trinajstić information content (AvgIpc) is 2.52. The number of hydrogen-bond acceptors (Lipinski definition) is 4. The molecule has 0 bridgehead atoms. The first kappa shape index (κ1) is 20.5. The van der Waals surface area contributed by atoms with E-state index in [0.717, 1.165) is 16.1 Å². The zero-order valence-electron chi connectivity index (χ0n) is 13.5. The van der Waals surface area contributed by atoms with Gasteiger partial charge in [-0.15, -0.1) is 0 Å². The van der Waals surface area contributed by atoms with E-state index in [4.69, 9.17) is 34.8 Å². The standard InChI is InChI=1S/C16H14Cl3N3O3S/c1-26(24,25)22(15-7-13(18)6-14(19)8-15)10-16(23)21-20-9-11-2-4-12(17)5-3-11/h2-9H,10H2,1H3,(H,21,23)/b20-9-. The summed E-state index contributed by atoms with van der Waals surface area (Å²) in [5.74, 6) is -0.628. The Bertz CT molecular complexity index is 911. The number of hydrazone groups is 1. The Kier molecular flexibility index (Phi) is 6.88. The zero-order valence-corrected chi connectivity index (χ0v) is 16.6. The quantitative estimate of drug-likeness (QED) is 0.558. The molecule has 0 aliphatic rings. The minimum atomic E-state index is -3.74. The Balaban J connectivity index is 2.11. The fourth-order valence-corrected chi connectivity index (χ4v) is 3.46. The smallest absolute Gasteiger partial charge is 0.260 e. The lowest BCUT2D eigenvalue weighted by atomic mass is 10.2. The van der Waals surface area contributed by atoms with E-state index in [1.807, 2.05) is 0 Å². The van der Waals surface area contributed by atoms with Crippen LogP contribution in [-0.2, 0) is 14.8 Å². The van der Waals surface area contributed by atoms with Crippen LogP contribution >= 0.6 is 34.8 Å². The number of benzene rings is 2. The Labute approximate surface area is 166 Å². The highest BCUT2D eigenvalue weighted by Gasteiger charge is 2.21. The van der Waals surface area contributed by atoms with Crippen LogP contribution in [0, 0.1) is 0 Å². The Morgan fingerprint density at radius 2 is 1.65 bits per heavy atom. The van der Waals surface area contributed by atoms with Gasteiger partial charge in [0.05, 0.1) is 18.2 Å². The molecule has 1 N–H and O–H groups in total. The minimum Gasteiger partial charge on any atom is -0.271 e. The molecule has 2 aromatic carbocycles. The van der Waals surface area contributed by atoms with E-state index in [9.17, 15) is 13.2 Å². The van der Waals surface area contributed by atoms with Gasteiger partial charge in [0, 0.05) is 15.1 Å². The third-order valence-electron chi connectivity index (χ3n) is 3.10. The van der Waals surface area contributed by atoms with Gasteiger partial charge in [-0.2, -0.15) is 5.10 Å². The van der Waals surface area contributed by atoms with Crippen LogP contribution in [0.2, 0.25) is 15.1 Å². The van der Waals surface area contributed by atoms with E-state index in [-0.39, 0.29) is 15.7 Å². The first-order valence-corrected chi connectivity index (χ1v) is 10.1. The molecule has 0 heterocycles. The van der Waals surface area contributed by atoms with Gasteiger partial charge in [-0.05, 0) is 35.9 Å². The van der Waals surface area contributed by atoms with Crippen LogP contribution in [0.4, 0.5) is 5.69 Å². The topological polar surface area (TPSA) is 78.8 Å². The van der Waals surface area contributed by atoms with E-state index in [0.29, 0.717) is 5.02 Å². The number of hydrogen-bond donors (Lipinski definition) is 1. The Morgan fingerprint density at radius 3 is 2.19 bits per heavy atom.